The summed E-state index contributed by atoms with van der Waals surface area (Å²) in [6.07, 6.45) is 11.4. The van der Waals surface area contributed by atoms with Crippen molar-refractivity contribution in [2.75, 3.05) is 16.8 Å². The summed E-state index contributed by atoms with van der Waals surface area (Å²) in [5.41, 5.74) is 6.08. The van der Waals surface area contributed by atoms with Gasteiger partial charge in [0.15, 0.2) is 0 Å². The summed E-state index contributed by atoms with van der Waals surface area (Å²) in [4.78, 5) is 14.4. The van der Waals surface area contributed by atoms with Crippen LogP contribution in [0.1, 0.15) is 54.3 Å². The van der Waals surface area contributed by atoms with Crippen LogP contribution in [0.3, 0.4) is 0 Å². The summed E-state index contributed by atoms with van der Waals surface area (Å²) in [5, 5.41) is 3.03. The Bertz CT molecular complexity index is 1070. The van der Waals surface area contributed by atoms with Crippen LogP contribution in [0, 0.1) is 17.7 Å². The van der Waals surface area contributed by atoms with E-state index in [2.05, 4.69) is 46.7 Å². The number of fused-ring (bicyclic) bond motifs is 4. The van der Waals surface area contributed by atoms with E-state index in [0.717, 1.165) is 25.1 Å². The molecule has 0 saturated heterocycles. The molecule has 0 fully saturated rings. The maximum Gasteiger partial charge on any atom is 0.221 e. The average molecular weight is 400 g/mol. The fourth-order valence-corrected chi connectivity index (χ4v) is 6.29. The van der Waals surface area contributed by atoms with E-state index in [1.54, 1.807) is 19.1 Å². The molecule has 4 heteroatoms. The summed E-state index contributed by atoms with van der Waals surface area (Å²) < 4.78 is 13.7. The fourth-order valence-electron chi connectivity index (χ4n) is 6.29. The van der Waals surface area contributed by atoms with Gasteiger partial charge in [-0.1, -0.05) is 36.4 Å². The maximum atomic E-state index is 13.7. The van der Waals surface area contributed by atoms with Gasteiger partial charge in [0.05, 0.1) is 6.04 Å². The number of benzene rings is 2. The van der Waals surface area contributed by atoms with E-state index in [9.17, 15) is 9.18 Å². The quantitative estimate of drug-likeness (QED) is 0.658. The lowest BCUT2D eigenvalue weighted by molar-refractivity contribution is -0.114. The molecule has 152 valence electrons. The highest BCUT2D eigenvalue weighted by molar-refractivity contribution is 5.90. The Morgan fingerprint density at radius 1 is 1.03 bits per heavy atom. The normalized spacial score (nSPS) is 30.1. The summed E-state index contributed by atoms with van der Waals surface area (Å²) >= 11 is 0. The van der Waals surface area contributed by atoms with Gasteiger partial charge in [0.1, 0.15) is 5.82 Å². The Balaban J connectivity index is 1.56. The SMILES string of the molecule is CC(=O)Nc1cc2c3c(c1)[C@@H]1C=CC[C@@H]1[C@H](c1ccc(F)cc1)N3C[C@H]1CC=C[C@H]21. The predicted octanol–water partition coefficient (Wildman–Crippen LogP) is 5.68. The molecule has 2 aliphatic heterocycles. The van der Waals surface area contributed by atoms with Gasteiger partial charge in [-0.3, -0.25) is 4.79 Å². The van der Waals surface area contributed by atoms with Crippen LogP contribution >= 0.6 is 0 Å². The molecule has 4 aliphatic rings. The van der Waals surface area contributed by atoms with Crippen LogP contribution in [-0.4, -0.2) is 12.5 Å². The average Bonchev–Trinajstić information content (AvgIpc) is 3.38. The molecule has 0 aromatic heterocycles. The largest absolute Gasteiger partial charge is 0.363 e. The van der Waals surface area contributed by atoms with Gasteiger partial charge in [-0.05, 0) is 65.6 Å². The van der Waals surface area contributed by atoms with Crippen molar-refractivity contribution in [2.24, 2.45) is 11.8 Å². The molecular formula is C26H25FN2O. The number of amides is 1. The zero-order valence-corrected chi connectivity index (χ0v) is 17.0. The zero-order chi connectivity index (χ0) is 20.4. The van der Waals surface area contributed by atoms with Crippen molar-refractivity contribution >= 4 is 17.3 Å². The van der Waals surface area contributed by atoms with E-state index < -0.39 is 0 Å². The van der Waals surface area contributed by atoms with Crippen LogP contribution in [-0.2, 0) is 4.79 Å². The van der Waals surface area contributed by atoms with Crippen molar-refractivity contribution in [1.29, 1.82) is 0 Å². The predicted molar refractivity (Wildman–Crippen MR) is 117 cm³/mol. The number of anilines is 2. The van der Waals surface area contributed by atoms with E-state index in [1.165, 1.54) is 22.4 Å². The third-order valence-electron chi connectivity index (χ3n) is 7.38. The Morgan fingerprint density at radius 3 is 2.50 bits per heavy atom. The molecule has 0 saturated carbocycles. The summed E-state index contributed by atoms with van der Waals surface area (Å²) in [5.74, 6) is 1.48. The number of hydrogen-bond acceptors (Lipinski definition) is 2. The molecule has 2 aromatic rings. The van der Waals surface area contributed by atoms with Gasteiger partial charge in [0.25, 0.3) is 0 Å². The Hall–Kier alpha value is -2.88. The number of nitrogens with one attached hydrogen (secondary N) is 1. The lowest BCUT2D eigenvalue weighted by Crippen LogP contribution is -2.46. The third kappa shape index (κ3) is 2.59. The van der Waals surface area contributed by atoms with Gasteiger partial charge in [0.2, 0.25) is 5.91 Å². The van der Waals surface area contributed by atoms with E-state index in [4.69, 9.17) is 0 Å². The van der Waals surface area contributed by atoms with Gasteiger partial charge in [-0.2, -0.15) is 0 Å². The molecule has 0 spiro atoms. The molecule has 3 nitrogen and oxygen atoms in total. The number of carbonyl (C=O) groups excluding carboxylic acids is 1. The van der Waals surface area contributed by atoms with Gasteiger partial charge in [-0.25, -0.2) is 4.39 Å². The second-order valence-corrected chi connectivity index (χ2v) is 9.14. The lowest BCUT2D eigenvalue weighted by atomic mass is 9.70. The minimum absolute atomic E-state index is 0.0353. The number of halogens is 1. The smallest absolute Gasteiger partial charge is 0.221 e. The van der Waals surface area contributed by atoms with Crippen LogP contribution in [0.25, 0.3) is 0 Å². The first kappa shape index (κ1) is 17.9. The van der Waals surface area contributed by atoms with E-state index in [0.29, 0.717) is 23.7 Å². The molecule has 0 bridgehead atoms. The van der Waals surface area contributed by atoms with Gasteiger partial charge < -0.3 is 10.2 Å². The van der Waals surface area contributed by atoms with Gasteiger partial charge >= 0.3 is 0 Å². The zero-order valence-electron chi connectivity index (χ0n) is 17.0. The van der Waals surface area contributed by atoms with Crippen LogP contribution in [0.4, 0.5) is 15.8 Å². The first-order valence-corrected chi connectivity index (χ1v) is 10.9. The maximum absolute atomic E-state index is 13.7. The van der Waals surface area contributed by atoms with Crippen LogP contribution in [0.5, 0.6) is 0 Å². The molecule has 5 atom stereocenters. The number of carbonyl (C=O) groups is 1. The molecule has 2 heterocycles. The Labute approximate surface area is 176 Å². The molecule has 30 heavy (non-hydrogen) atoms. The second-order valence-electron chi connectivity index (χ2n) is 9.14. The van der Waals surface area contributed by atoms with Crippen molar-refractivity contribution < 1.29 is 9.18 Å². The Kier molecular flexibility index (Phi) is 3.92. The van der Waals surface area contributed by atoms with Crippen molar-refractivity contribution in [3.63, 3.8) is 0 Å². The monoisotopic (exact) mass is 400 g/mol. The van der Waals surface area contributed by atoms with Crippen LogP contribution in [0.2, 0.25) is 0 Å². The molecule has 2 aliphatic carbocycles. The van der Waals surface area contributed by atoms with Crippen LogP contribution in [0.15, 0.2) is 60.7 Å². The summed E-state index contributed by atoms with van der Waals surface area (Å²) in [6.45, 7) is 2.58. The van der Waals surface area contributed by atoms with Gasteiger partial charge in [0, 0.05) is 36.7 Å². The fraction of sp³-hybridized carbons (Fsp3) is 0.346. The summed E-state index contributed by atoms with van der Waals surface area (Å²) in [7, 11) is 0. The standard InChI is InChI=1S/C26H25FN2O/c1-15(30)28-19-12-23-20-5-2-4-17(20)14-29-25(16-8-10-18(27)11-9-16)22-7-3-6-21(22)24(13-19)26(23)29/h2-3,5-6,8-13,17,20-22,25H,4,7,14H2,1H3,(H,28,30)/t17-,20+,21-,22+,25+/m1/s1. The lowest BCUT2D eigenvalue weighted by Gasteiger charge is -2.51. The summed E-state index contributed by atoms with van der Waals surface area (Å²) in [6, 6.07) is 11.7. The molecular weight excluding hydrogens is 375 g/mol. The van der Waals surface area contributed by atoms with Crippen molar-refractivity contribution in [2.45, 2.75) is 37.6 Å². The van der Waals surface area contributed by atoms with Gasteiger partial charge in [-0.15, -0.1) is 0 Å². The molecule has 2 aromatic carbocycles. The molecule has 0 unspecified atom stereocenters. The topological polar surface area (TPSA) is 32.3 Å². The first-order valence-electron chi connectivity index (χ1n) is 10.9. The first-order chi connectivity index (χ1) is 14.6. The molecule has 1 N–H and O–H groups in total. The number of rotatable bonds is 2. The van der Waals surface area contributed by atoms with Crippen molar-refractivity contribution in [1.82, 2.24) is 0 Å². The number of allylic oxidation sites excluding steroid dienone is 4. The highest BCUT2D eigenvalue weighted by atomic mass is 19.1. The number of nitrogens with zero attached hydrogens (tertiary/aromatic N) is 1. The molecule has 0 radical (unpaired) electrons. The minimum Gasteiger partial charge on any atom is -0.363 e. The minimum atomic E-state index is -0.185. The van der Waals surface area contributed by atoms with Crippen LogP contribution < -0.4 is 10.2 Å². The van der Waals surface area contributed by atoms with Crippen molar-refractivity contribution in [3.05, 3.63) is 83.2 Å². The Morgan fingerprint density at radius 2 is 1.73 bits per heavy atom. The molecule has 6 rings (SSSR count). The highest BCUT2D eigenvalue weighted by Gasteiger charge is 2.47. The van der Waals surface area contributed by atoms with E-state index >= 15 is 0 Å². The molecule has 1 amide bonds. The highest BCUT2D eigenvalue weighted by Crippen LogP contribution is 2.59. The van der Waals surface area contributed by atoms with E-state index in [-0.39, 0.29) is 17.8 Å². The van der Waals surface area contributed by atoms with Crippen molar-refractivity contribution in [3.8, 4) is 0 Å². The number of hydrogen-bond donors (Lipinski definition) is 1. The van der Waals surface area contributed by atoms with E-state index in [1.807, 2.05) is 12.1 Å². The second kappa shape index (κ2) is 6.56. The third-order valence-corrected chi connectivity index (χ3v) is 7.38.